The second kappa shape index (κ2) is 6.56. The molecule has 0 saturated heterocycles. The van der Waals surface area contributed by atoms with Gasteiger partial charge in [0.05, 0.1) is 5.69 Å². The molecule has 1 aliphatic heterocycles. The van der Waals surface area contributed by atoms with Gasteiger partial charge in [-0.2, -0.15) is 0 Å². The van der Waals surface area contributed by atoms with E-state index in [1.165, 1.54) is 0 Å². The van der Waals surface area contributed by atoms with E-state index in [1.807, 2.05) is 23.1 Å². The van der Waals surface area contributed by atoms with Crippen molar-refractivity contribution < 1.29 is 14.3 Å². The van der Waals surface area contributed by atoms with Gasteiger partial charge >= 0.3 is 0 Å². The molecule has 5 heteroatoms. The van der Waals surface area contributed by atoms with Crippen LogP contribution in [0, 0.1) is 3.57 Å². The minimum atomic E-state index is -0.409. The van der Waals surface area contributed by atoms with Crippen LogP contribution in [0.5, 0.6) is 5.75 Å². The average Bonchev–Trinajstić information content (AvgIpc) is 2.38. The van der Waals surface area contributed by atoms with Crippen LogP contribution in [-0.4, -0.2) is 32.3 Å². The molecule has 0 aromatic heterocycles. The van der Waals surface area contributed by atoms with Crippen LogP contribution < -0.4 is 9.64 Å². The van der Waals surface area contributed by atoms with Crippen molar-refractivity contribution >= 4 is 34.2 Å². The van der Waals surface area contributed by atoms with E-state index >= 15 is 0 Å². The first-order valence-corrected chi connectivity index (χ1v) is 7.48. The molecule has 2 rings (SSSR count). The van der Waals surface area contributed by atoms with Gasteiger partial charge in [0, 0.05) is 23.8 Å². The minimum Gasteiger partial charge on any atom is -0.479 e. The zero-order valence-corrected chi connectivity index (χ0v) is 13.3. The molecule has 0 radical (unpaired) electrons. The molecular weight excluding hydrogens is 357 g/mol. The summed E-state index contributed by atoms with van der Waals surface area (Å²) >= 11 is 2.25. The van der Waals surface area contributed by atoms with E-state index < -0.39 is 6.10 Å². The number of anilines is 1. The summed E-state index contributed by atoms with van der Waals surface area (Å²) < 4.78 is 11.8. The highest BCUT2D eigenvalue weighted by molar-refractivity contribution is 14.1. The van der Waals surface area contributed by atoms with Gasteiger partial charge in [-0.1, -0.05) is 0 Å². The van der Waals surface area contributed by atoms with E-state index in [2.05, 4.69) is 22.6 Å². The Morgan fingerprint density at radius 3 is 2.95 bits per heavy atom. The maximum atomic E-state index is 12.2. The minimum absolute atomic E-state index is 0.0334. The summed E-state index contributed by atoms with van der Waals surface area (Å²) in [7, 11) is 1.69. The van der Waals surface area contributed by atoms with E-state index in [-0.39, 0.29) is 5.91 Å². The van der Waals surface area contributed by atoms with E-state index in [1.54, 1.807) is 14.0 Å². The zero-order chi connectivity index (χ0) is 13.8. The van der Waals surface area contributed by atoms with Crippen molar-refractivity contribution in [2.75, 3.05) is 25.2 Å². The second-order valence-electron chi connectivity index (χ2n) is 4.56. The monoisotopic (exact) mass is 375 g/mol. The number of ether oxygens (including phenoxy) is 2. The molecule has 0 spiro atoms. The van der Waals surface area contributed by atoms with E-state index in [0.717, 1.165) is 34.5 Å². The van der Waals surface area contributed by atoms with Crippen molar-refractivity contribution in [2.45, 2.75) is 25.9 Å². The number of fused-ring (bicyclic) bond motifs is 1. The van der Waals surface area contributed by atoms with E-state index in [4.69, 9.17) is 9.47 Å². The smallest absolute Gasteiger partial charge is 0.267 e. The van der Waals surface area contributed by atoms with Gasteiger partial charge in [0.1, 0.15) is 5.75 Å². The number of rotatable bonds is 5. The molecule has 4 nitrogen and oxygen atoms in total. The first-order valence-electron chi connectivity index (χ1n) is 6.40. The molecule has 0 bridgehead atoms. The number of carbonyl (C=O) groups is 1. The van der Waals surface area contributed by atoms with Crippen molar-refractivity contribution in [1.82, 2.24) is 0 Å². The van der Waals surface area contributed by atoms with Crippen LogP contribution in [0.15, 0.2) is 18.2 Å². The molecule has 1 aromatic rings. The number of unbranched alkanes of at least 4 members (excludes halogenated alkanes) is 1. The molecule has 1 unspecified atom stereocenters. The summed E-state index contributed by atoms with van der Waals surface area (Å²) in [4.78, 5) is 14.0. The fourth-order valence-corrected chi connectivity index (χ4v) is 2.59. The Labute approximate surface area is 127 Å². The van der Waals surface area contributed by atoms with Crippen molar-refractivity contribution in [3.8, 4) is 5.75 Å². The highest BCUT2D eigenvalue weighted by Gasteiger charge is 2.30. The Kier molecular flexibility index (Phi) is 5.04. The van der Waals surface area contributed by atoms with Gasteiger partial charge in [0.2, 0.25) is 0 Å². The molecule has 1 amide bonds. The lowest BCUT2D eigenvalue weighted by Gasteiger charge is -2.33. The summed E-state index contributed by atoms with van der Waals surface area (Å²) in [5.41, 5.74) is 0.876. The number of methoxy groups -OCH3 is 1. The summed E-state index contributed by atoms with van der Waals surface area (Å²) in [6.45, 7) is 3.24. The third-order valence-corrected chi connectivity index (χ3v) is 3.78. The molecule has 1 aromatic carbocycles. The topological polar surface area (TPSA) is 38.8 Å². The zero-order valence-electron chi connectivity index (χ0n) is 11.2. The molecule has 0 N–H and O–H groups in total. The van der Waals surface area contributed by atoms with Gasteiger partial charge in [-0.15, -0.1) is 0 Å². The van der Waals surface area contributed by atoms with Gasteiger partial charge in [-0.05, 0) is 60.6 Å². The van der Waals surface area contributed by atoms with E-state index in [0.29, 0.717) is 6.54 Å². The maximum Gasteiger partial charge on any atom is 0.267 e. The summed E-state index contributed by atoms with van der Waals surface area (Å²) in [6.07, 6.45) is 1.47. The molecule has 0 fully saturated rings. The van der Waals surface area contributed by atoms with Crippen molar-refractivity contribution in [3.05, 3.63) is 21.8 Å². The number of amides is 1. The molecule has 0 aliphatic carbocycles. The number of hydrogen-bond acceptors (Lipinski definition) is 3. The van der Waals surface area contributed by atoms with Crippen LogP contribution in [0.4, 0.5) is 5.69 Å². The summed E-state index contributed by atoms with van der Waals surface area (Å²) in [6, 6.07) is 5.92. The highest BCUT2D eigenvalue weighted by Crippen LogP contribution is 2.35. The summed E-state index contributed by atoms with van der Waals surface area (Å²) in [5.74, 6) is 0.830. The second-order valence-corrected chi connectivity index (χ2v) is 5.81. The van der Waals surface area contributed by atoms with Gasteiger partial charge < -0.3 is 14.4 Å². The quantitative estimate of drug-likeness (QED) is 0.587. The van der Waals surface area contributed by atoms with Gasteiger partial charge in [0.25, 0.3) is 5.91 Å². The van der Waals surface area contributed by atoms with Crippen LogP contribution in [0.1, 0.15) is 19.8 Å². The lowest BCUT2D eigenvalue weighted by molar-refractivity contribution is -0.125. The van der Waals surface area contributed by atoms with Crippen LogP contribution in [0.2, 0.25) is 0 Å². The highest BCUT2D eigenvalue weighted by atomic mass is 127. The summed E-state index contributed by atoms with van der Waals surface area (Å²) in [5, 5.41) is 0. The first kappa shape index (κ1) is 14.6. The standard InChI is InChI=1S/C14H18INO3/c1-10-14(17)16(7-3-4-8-18-2)12-6-5-11(15)9-13(12)19-10/h5-6,9-10H,3-4,7-8H2,1-2H3. The molecule has 1 heterocycles. The van der Waals surface area contributed by atoms with Crippen LogP contribution in [-0.2, 0) is 9.53 Å². The molecular formula is C14H18INO3. The predicted octanol–water partition coefficient (Wildman–Crippen LogP) is 2.83. The van der Waals surface area contributed by atoms with Crippen LogP contribution in [0.3, 0.4) is 0 Å². The maximum absolute atomic E-state index is 12.2. The first-order chi connectivity index (χ1) is 9.13. The Hall–Kier alpha value is -0.820. The third-order valence-electron chi connectivity index (χ3n) is 3.11. The Morgan fingerprint density at radius 2 is 2.21 bits per heavy atom. The fraction of sp³-hybridized carbons (Fsp3) is 0.500. The van der Waals surface area contributed by atoms with Crippen molar-refractivity contribution in [3.63, 3.8) is 0 Å². The fourth-order valence-electron chi connectivity index (χ4n) is 2.13. The van der Waals surface area contributed by atoms with Crippen molar-refractivity contribution in [2.24, 2.45) is 0 Å². The van der Waals surface area contributed by atoms with Gasteiger partial charge in [-0.25, -0.2) is 0 Å². The SMILES string of the molecule is COCCCCN1C(=O)C(C)Oc2cc(I)ccc21. The Morgan fingerprint density at radius 1 is 1.42 bits per heavy atom. The van der Waals surface area contributed by atoms with Gasteiger partial charge in [-0.3, -0.25) is 4.79 Å². The molecule has 19 heavy (non-hydrogen) atoms. The molecule has 104 valence electrons. The lowest BCUT2D eigenvalue weighted by atomic mass is 10.1. The number of carbonyl (C=O) groups excluding carboxylic acids is 1. The van der Waals surface area contributed by atoms with Crippen LogP contribution in [0.25, 0.3) is 0 Å². The Bertz CT molecular complexity index is 464. The number of nitrogens with zero attached hydrogens (tertiary/aromatic N) is 1. The lowest BCUT2D eigenvalue weighted by Crippen LogP contribution is -2.44. The largest absolute Gasteiger partial charge is 0.479 e. The predicted molar refractivity (Wildman–Crippen MR) is 82.7 cm³/mol. The van der Waals surface area contributed by atoms with Gasteiger partial charge in [0.15, 0.2) is 6.10 Å². The van der Waals surface area contributed by atoms with Crippen molar-refractivity contribution in [1.29, 1.82) is 0 Å². The molecule has 0 saturated carbocycles. The van der Waals surface area contributed by atoms with E-state index in [9.17, 15) is 4.79 Å². The normalized spacial score (nSPS) is 18.2. The number of benzene rings is 1. The Balaban J connectivity index is 2.14. The number of hydrogen-bond donors (Lipinski definition) is 0. The number of halogens is 1. The molecule has 1 aliphatic rings. The van der Waals surface area contributed by atoms with Crippen LogP contribution >= 0.6 is 22.6 Å². The molecule has 1 atom stereocenters. The average molecular weight is 375 g/mol. The third kappa shape index (κ3) is 3.39.